The summed E-state index contributed by atoms with van der Waals surface area (Å²) >= 11 is 0. The van der Waals surface area contributed by atoms with E-state index in [0.29, 0.717) is 17.7 Å². The number of anilines is 1. The van der Waals surface area contributed by atoms with Crippen LogP contribution in [0.5, 0.6) is 0 Å². The van der Waals surface area contributed by atoms with Gasteiger partial charge in [0, 0.05) is 5.69 Å². The third kappa shape index (κ3) is 4.95. The lowest BCUT2D eigenvalue weighted by atomic mass is 9.95. The van der Waals surface area contributed by atoms with Gasteiger partial charge in [0.25, 0.3) is 5.91 Å². The fourth-order valence-electron chi connectivity index (χ4n) is 2.27. The fraction of sp³-hybridized carbons (Fsp3) is 0.353. The minimum absolute atomic E-state index is 0.160. The normalized spacial score (nSPS) is 16.5. The Morgan fingerprint density at radius 3 is 2.52 bits per heavy atom. The summed E-state index contributed by atoms with van der Waals surface area (Å²) in [7, 11) is 1.30. The van der Waals surface area contributed by atoms with E-state index in [0.717, 1.165) is 12.8 Å². The number of esters is 2. The number of benzene rings is 1. The number of hydrogen-bond acceptors (Lipinski definition) is 5. The van der Waals surface area contributed by atoms with Crippen molar-refractivity contribution in [2.45, 2.75) is 19.3 Å². The van der Waals surface area contributed by atoms with Crippen molar-refractivity contribution in [3.05, 3.63) is 42.0 Å². The molecule has 0 saturated heterocycles. The average molecular weight is 317 g/mol. The molecule has 0 heterocycles. The predicted molar refractivity (Wildman–Crippen MR) is 83.9 cm³/mol. The number of nitrogens with one attached hydrogen (secondary N) is 1. The van der Waals surface area contributed by atoms with Gasteiger partial charge < -0.3 is 14.8 Å². The van der Waals surface area contributed by atoms with E-state index in [9.17, 15) is 14.4 Å². The molecule has 0 saturated carbocycles. The molecule has 1 atom stereocenters. The van der Waals surface area contributed by atoms with Gasteiger partial charge >= 0.3 is 11.9 Å². The summed E-state index contributed by atoms with van der Waals surface area (Å²) < 4.78 is 9.63. The third-order valence-corrected chi connectivity index (χ3v) is 3.54. The molecule has 0 radical (unpaired) electrons. The van der Waals surface area contributed by atoms with Crippen molar-refractivity contribution in [3.8, 4) is 0 Å². The van der Waals surface area contributed by atoms with E-state index in [2.05, 4.69) is 10.1 Å². The molecule has 23 heavy (non-hydrogen) atoms. The van der Waals surface area contributed by atoms with Gasteiger partial charge in [0.05, 0.1) is 18.6 Å². The van der Waals surface area contributed by atoms with Crippen LogP contribution in [0, 0.1) is 5.92 Å². The Labute approximate surface area is 134 Å². The molecule has 122 valence electrons. The number of carbonyl (C=O) groups is 3. The topological polar surface area (TPSA) is 81.7 Å². The van der Waals surface area contributed by atoms with Crippen LogP contribution in [0.3, 0.4) is 0 Å². The van der Waals surface area contributed by atoms with Gasteiger partial charge in [0.1, 0.15) is 0 Å². The van der Waals surface area contributed by atoms with Crippen LogP contribution < -0.4 is 5.32 Å². The lowest BCUT2D eigenvalue weighted by molar-refractivity contribution is -0.151. The van der Waals surface area contributed by atoms with Crippen molar-refractivity contribution in [1.29, 1.82) is 0 Å². The SMILES string of the molecule is COC(=O)c1ccc(NC(=O)COC(=O)[C@@H]2CC=CCC2)cc1. The van der Waals surface area contributed by atoms with Crippen molar-refractivity contribution in [2.75, 3.05) is 19.0 Å². The highest BCUT2D eigenvalue weighted by molar-refractivity contribution is 5.94. The Morgan fingerprint density at radius 1 is 1.17 bits per heavy atom. The number of hydrogen-bond donors (Lipinski definition) is 1. The standard InChI is InChI=1S/C17H19NO5/c1-22-16(20)13-7-9-14(10-8-13)18-15(19)11-23-17(21)12-5-3-2-4-6-12/h2-3,7-10,12H,4-6,11H2,1H3,(H,18,19)/t12-/m1/s1. The van der Waals surface area contributed by atoms with Crippen LogP contribution in [0.2, 0.25) is 0 Å². The molecule has 0 unspecified atom stereocenters. The van der Waals surface area contributed by atoms with Gasteiger partial charge in [-0.1, -0.05) is 12.2 Å². The van der Waals surface area contributed by atoms with E-state index in [1.165, 1.54) is 7.11 Å². The van der Waals surface area contributed by atoms with Crippen LogP contribution >= 0.6 is 0 Å². The molecule has 6 heteroatoms. The molecular formula is C17H19NO5. The van der Waals surface area contributed by atoms with E-state index in [-0.39, 0.29) is 18.5 Å². The lowest BCUT2D eigenvalue weighted by Crippen LogP contribution is -2.25. The molecule has 6 nitrogen and oxygen atoms in total. The molecule has 0 bridgehead atoms. The van der Waals surface area contributed by atoms with Gasteiger partial charge in [-0.15, -0.1) is 0 Å². The van der Waals surface area contributed by atoms with Crippen LogP contribution in [-0.4, -0.2) is 31.6 Å². The molecule has 1 aromatic rings. The first-order valence-corrected chi connectivity index (χ1v) is 7.40. The molecule has 0 fully saturated rings. The highest BCUT2D eigenvalue weighted by atomic mass is 16.5. The summed E-state index contributed by atoms with van der Waals surface area (Å²) in [5, 5.41) is 2.60. The number of allylic oxidation sites excluding steroid dienone is 2. The second kappa shape index (κ2) is 8.12. The first kappa shape index (κ1) is 16.7. The van der Waals surface area contributed by atoms with Crippen molar-refractivity contribution in [3.63, 3.8) is 0 Å². The Hall–Kier alpha value is -2.63. The fourth-order valence-corrected chi connectivity index (χ4v) is 2.27. The van der Waals surface area contributed by atoms with Gasteiger partial charge in [-0.05, 0) is 43.5 Å². The number of ether oxygens (including phenoxy) is 2. The Kier molecular flexibility index (Phi) is 5.91. The molecule has 1 aliphatic carbocycles. The Morgan fingerprint density at radius 2 is 1.91 bits per heavy atom. The van der Waals surface area contributed by atoms with Gasteiger partial charge in [0.2, 0.25) is 0 Å². The maximum Gasteiger partial charge on any atom is 0.337 e. The minimum atomic E-state index is -0.446. The van der Waals surface area contributed by atoms with Crippen LogP contribution in [0.15, 0.2) is 36.4 Å². The third-order valence-electron chi connectivity index (χ3n) is 3.54. The van der Waals surface area contributed by atoms with Crippen molar-refractivity contribution in [1.82, 2.24) is 0 Å². The summed E-state index contributed by atoms with van der Waals surface area (Å²) in [6.45, 7) is -0.322. The predicted octanol–water partition coefficient (Wildman–Crippen LogP) is 2.31. The number of carbonyl (C=O) groups excluding carboxylic acids is 3. The highest BCUT2D eigenvalue weighted by Crippen LogP contribution is 2.19. The zero-order chi connectivity index (χ0) is 16.7. The Balaban J connectivity index is 1.79. The number of methoxy groups -OCH3 is 1. The first-order chi connectivity index (χ1) is 11.1. The molecule has 1 aliphatic rings. The van der Waals surface area contributed by atoms with Crippen LogP contribution in [0.4, 0.5) is 5.69 Å². The number of amides is 1. The summed E-state index contributed by atoms with van der Waals surface area (Å²) in [6, 6.07) is 6.25. The van der Waals surface area contributed by atoms with E-state index in [1.54, 1.807) is 24.3 Å². The van der Waals surface area contributed by atoms with Crippen molar-refractivity contribution in [2.24, 2.45) is 5.92 Å². The zero-order valence-electron chi connectivity index (χ0n) is 12.9. The second-order valence-corrected chi connectivity index (χ2v) is 5.21. The first-order valence-electron chi connectivity index (χ1n) is 7.40. The second-order valence-electron chi connectivity index (χ2n) is 5.21. The van der Waals surface area contributed by atoms with E-state index < -0.39 is 11.9 Å². The molecule has 2 rings (SSSR count). The van der Waals surface area contributed by atoms with Crippen LogP contribution in [0.25, 0.3) is 0 Å². The molecule has 0 spiro atoms. The van der Waals surface area contributed by atoms with Gasteiger partial charge in [-0.25, -0.2) is 4.79 Å². The van der Waals surface area contributed by atoms with Crippen LogP contribution in [-0.2, 0) is 19.1 Å². The minimum Gasteiger partial charge on any atom is -0.465 e. The smallest absolute Gasteiger partial charge is 0.337 e. The number of rotatable bonds is 5. The van der Waals surface area contributed by atoms with Gasteiger partial charge in [0.15, 0.2) is 6.61 Å². The summed E-state index contributed by atoms with van der Waals surface area (Å²) in [5.74, 6) is -1.37. The average Bonchev–Trinajstić information content (AvgIpc) is 2.60. The lowest BCUT2D eigenvalue weighted by Gasteiger charge is -2.16. The van der Waals surface area contributed by atoms with E-state index >= 15 is 0 Å². The largest absolute Gasteiger partial charge is 0.465 e. The summed E-state index contributed by atoms with van der Waals surface area (Å²) in [4.78, 5) is 34.9. The zero-order valence-corrected chi connectivity index (χ0v) is 12.9. The molecule has 0 aromatic heterocycles. The molecular weight excluding hydrogens is 298 g/mol. The van der Waals surface area contributed by atoms with Crippen molar-refractivity contribution >= 4 is 23.5 Å². The van der Waals surface area contributed by atoms with Gasteiger partial charge in [-0.2, -0.15) is 0 Å². The summed E-state index contributed by atoms with van der Waals surface area (Å²) in [5.41, 5.74) is 0.904. The van der Waals surface area contributed by atoms with E-state index in [1.807, 2.05) is 12.2 Å². The van der Waals surface area contributed by atoms with Gasteiger partial charge in [-0.3, -0.25) is 9.59 Å². The quantitative estimate of drug-likeness (QED) is 0.666. The Bertz CT molecular complexity index is 606. The van der Waals surface area contributed by atoms with Crippen molar-refractivity contribution < 1.29 is 23.9 Å². The molecule has 0 aliphatic heterocycles. The highest BCUT2D eigenvalue weighted by Gasteiger charge is 2.21. The van der Waals surface area contributed by atoms with E-state index in [4.69, 9.17) is 4.74 Å². The maximum atomic E-state index is 11.8. The maximum absolute atomic E-state index is 11.8. The molecule has 1 N–H and O–H groups in total. The van der Waals surface area contributed by atoms with Crippen LogP contribution in [0.1, 0.15) is 29.6 Å². The monoisotopic (exact) mass is 317 g/mol. The summed E-state index contributed by atoms with van der Waals surface area (Å²) in [6.07, 6.45) is 6.27. The molecule has 1 amide bonds. The molecule has 1 aromatic carbocycles.